The molecule has 0 aliphatic heterocycles. The van der Waals surface area contributed by atoms with Crippen molar-refractivity contribution < 1.29 is 25.2 Å². The lowest BCUT2D eigenvalue weighted by atomic mass is 10.4. The average Bonchev–Trinajstić information content (AvgIpc) is 1.89. The van der Waals surface area contributed by atoms with Crippen LogP contribution in [-0.4, -0.2) is 45.7 Å². The summed E-state index contributed by atoms with van der Waals surface area (Å²) in [6, 6.07) is 0. The Labute approximate surface area is 58.5 Å². The first kappa shape index (κ1) is 12.1. The summed E-state index contributed by atoms with van der Waals surface area (Å²) in [5, 5.41) is 31.0. The summed E-state index contributed by atoms with van der Waals surface area (Å²) in [4.78, 5) is 9.45. The van der Waals surface area contributed by atoms with E-state index in [0.29, 0.717) is 0 Å². The molecule has 1 unspecified atom stereocenters. The van der Waals surface area contributed by atoms with Gasteiger partial charge in [-0.05, 0) is 6.92 Å². The summed E-state index contributed by atoms with van der Waals surface area (Å²) >= 11 is 0. The van der Waals surface area contributed by atoms with Crippen LogP contribution in [0.4, 0.5) is 0 Å². The molecule has 0 spiro atoms. The number of hydrogen-bond acceptors (Lipinski definition) is 4. The SMILES string of the molecule is CC(O)C(=O)O.OCCO. The van der Waals surface area contributed by atoms with E-state index in [1.54, 1.807) is 0 Å². The molecule has 62 valence electrons. The van der Waals surface area contributed by atoms with Crippen molar-refractivity contribution in [1.82, 2.24) is 0 Å². The van der Waals surface area contributed by atoms with Crippen molar-refractivity contribution in [2.45, 2.75) is 13.0 Å². The molecule has 0 aromatic carbocycles. The standard InChI is InChI=1S/C3H6O3.C2H6O2/c1-2(4)3(5)6;3-1-2-4/h2,4H,1H3,(H,5,6);3-4H,1-2H2. The Kier molecular flexibility index (Phi) is 10.1. The second-order valence-electron chi connectivity index (χ2n) is 1.46. The van der Waals surface area contributed by atoms with Gasteiger partial charge in [-0.3, -0.25) is 0 Å². The molecule has 5 nitrogen and oxygen atoms in total. The Hall–Kier alpha value is -0.650. The molecule has 0 saturated heterocycles. The summed E-state index contributed by atoms with van der Waals surface area (Å²) in [7, 11) is 0. The van der Waals surface area contributed by atoms with Crippen molar-refractivity contribution in [3.05, 3.63) is 0 Å². The first-order chi connectivity index (χ1) is 4.56. The number of carboxylic acids is 1. The molecule has 4 N–H and O–H groups in total. The van der Waals surface area contributed by atoms with E-state index in [1.165, 1.54) is 6.92 Å². The van der Waals surface area contributed by atoms with Crippen molar-refractivity contribution >= 4 is 5.97 Å². The van der Waals surface area contributed by atoms with Gasteiger partial charge in [0.1, 0.15) is 6.10 Å². The molecule has 10 heavy (non-hydrogen) atoms. The van der Waals surface area contributed by atoms with Crippen molar-refractivity contribution in [2.75, 3.05) is 13.2 Å². The van der Waals surface area contributed by atoms with Gasteiger partial charge in [0.25, 0.3) is 0 Å². The maximum absolute atomic E-state index is 9.45. The lowest BCUT2D eigenvalue weighted by molar-refractivity contribution is -0.145. The summed E-state index contributed by atoms with van der Waals surface area (Å²) in [6.07, 6.45) is -1.23. The number of aliphatic hydroxyl groups excluding tert-OH is 3. The van der Waals surface area contributed by atoms with Gasteiger partial charge in [0.05, 0.1) is 13.2 Å². The van der Waals surface area contributed by atoms with Crippen LogP contribution in [0.25, 0.3) is 0 Å². The van der Waals surface area contributed by atoms with Gasteiger partial charge in [0.15, 0.2) is 0 Å². The monoisotopic (exact) mass is 152 g/mol. The Bertz CT molecular complexity index is 78.1. The molecule has 1 atom stereocenters. The fraction of sp³-hybridized carbons (Fsp3) is 0.800. The molecule has 0 aromatic heterocycles. The molecule has 0 aliphatic rings. The fourth-order valence-corrected chi connectivity index (χ4v) is 0. The molecule has 0 bridgehead atoms. The van der Waals surface area contributed by atoms with E-state index in [-0.39, 0.29) is 13.2 Å². The Morgan fingerprint density at radius 2 is 1.60 bits per heavy atom. The van der Waals surface area contributed by atoms with E-state index in [4.69, 9.17) is 20.4 Å². The first-order valence-corrected chi connectivity index (χ1v) is 2.68. The van der Waals surface area contributed by atoms with E-state index < -0.39 is 12.1 Å². The summed E-state index contributed by atoms with van der Waals surface area (Å²) < 4.78 is 0. The lowest BCUT2D eigenvalue weighted by Crippen LogP contribution is -2.13. The van der Waals surface area contributed by atoms with Gasteiger partial charge >= 0.3 is 5.97 Å². The quantitative estimate of drug-likeness (QED) is 0.383. The minimum Gasteiger partial charge on any atom is -0.479 e. The maximum atomic E-state index is 9.45. The number of aliphatic hydroxyl groups is 3. The second-order valence-corrected chi connectivity index (χ2v) is 1.46. The molecule has 0 saturated carbocycles. The molecule has 0 rings (SSSR count). The number of rotatable bonds is 2. The third kappa shape index (κ3) is 15.7. The van der Waals surface area contributed by atoms with Crippen molar-refractivity contribution in [3.63, 3.8) is 0 Å². The van der Waals surface area contributed by atoms with Crippen molar-refractivity contribution in [1.29, 1.82) is 0 Å². The minimum atomic E-state index is -1.23. The summed E-state index contributed by atoms with van der Waals surface area (Å²) in [6.45, 7) is 0.947. The highest BCUT2D eigenvalue weighted by atomic mass is 16.4. The van der Waals surface area contributed by atoms with Gasteiger partial charge in [-0.15, -0.1) is 0 Å². The second kappa shape index (κ2) is 8.35. The molecular formula is C5H12O5. The molecule has 0 amide bonds. The molecule has 0 fully saturated rings. The zero-order valence-electron chi connectivity index (χ0n) is 5.69. The molecule has 5 heteroatoms. The van der Waals surface area contributed by atoms with Crippen molar-refractivity contribution in [3.8, 4) is 0 Å². The van der Waals surface area contributed by atoms with E-state index in [0.717, 1.165) is 0 Å². The highest BCUT2D eigenvalue weighted by molar-refractivity contribution is 5.71. The zero-order chi connectivity index (χ0) is 8.57. The summed E-state index contributed by atoms with van der Waals surface area (Å²) in [5.41, 5.74) is 0. The Morgan fingerprint density at radius 3 is 1.60 bits per heavy atom. The third-order valence-electron chi connectivity index (χ3n) is 0.457. The summed E-state index contributed by atoms with van der Waals surface area (Å²) in [5.74, 6) is -1.19. The predicted molar refractivity (Wildman–Crippen MR) is 33.5 cm³/mol. The average molecular weight is 152 g/mol. The smallest absolute Gasteiger partial charge is 0.332 e. The van der Waals surface area contributed by atoms with E-state index in [9.17, 15) is 4.79 Å². The third-order valence-corrected chi connectivity index (χ3v) is 0.457. The van der Waals surface area contributed by atoms with E-state index in [2.05, 4.69) is 0 Å². The van der Waals surface area contributed by atoms with Gasteiger partial charge in [-0.25, -0.2) is 4.79 Å². The Morgan fingerprint density at radius 1 is 1.40 bits per heavy atom. The molecular weight excluding hydrogens is 140 g/mol. The topological polar surface area (TPSA) is 98.0 Å². The number of aliphatic carboxylic acids is 1. The molecule has 0 aliphatic carbocycles. The van der Waals surface area contributed by atoms with Crippen LogP contribution in [-0.2, 0) is 4.79 Å². The highest BCUT2D eigenvalue weighted by Gasteiger charge is 2.01. The van der Waals surface area contributed by atoms with Crippen LogP contribution in [0.5, 0.6) is 0 Å². The van der Waals surface area contributed by atoms with Gasteiger partial charge in [0, 0.05) is 0 Å². The van der Waals surface area contributed by atoms with Gasteiger partial charge in [-0.2, -0.15) is 0 Å². The van der Waals surface area contributed by atoms with Gasteiger partial charge in [-0.1, -0.05) is 0 Å². The van der Waals surface area contributed by atoms with Crippen molar-refractivity contribution in [2.24, 2.45) is 0 Å². The van der Waals surface area contributed by atoms with Gasteiger partial charge in [0.2, 0.25) is 0 Å². The van der Waals surface area contributed by atoms with Crippen LogP contribution < -0.4 is 0 Å². The Balaban J connectivity index is 0. The largest absolute Gasteiger partial charge is 0.479 e. The van der Waals surface area contributed by atoms with Crippen LogP contribution >= 0.6 is 0 Å². The first-order valence-electron chi connectivity index (χ1n) is 2.68. The normalized spacial score (nSPS) is 11.2. The lowest BCUT2D eigenvalue weighted by Gasteiger charge is -1.89. The van der Waals surface area contributed by atoms with Crippen LogP contribution in [0, 0.1) is 0 Å². The minimum absolute atomic E-state index is 0.125. The highest BCUT2D eigenvalue weighted by Crippen LogP contribution is 1.73. The van der Waals surface area contributed by atoms with Crippen LogP contribution in [0.15, 0.2) is 0 Å². The van der Waals surface area contributed by atoms with Gasteiger partial charge < -0.3 is 20.4 Å². The number of carbonyl (C=O) groups is 1. The number of carboxylic acid groups (broad SMARTS) is 1. The molecule has 0 heterocycles. The van der Waals surface area contributed by atoms with E-state index >= 15 is 0 Å². The van der Waals surface area contributed by atoms with Crippen LogP contribution in [0.2, 0.25) is 0 Å². The predicted octanol–water partition coefficient (Wildman–Crippen LogP) is -1.58. The number of hydrogen-bond donors (Lipinski definition) is 4. The molecule has 0 radical (unpaired) electrons. The van der Waals surface area contributed by atoms with Crippen LogP contribution in [0.3, 0.4) is 0 Å². The zero-order valence-corrected chi connectivity index (χ0v) is 5.69. The van der Waals surface area contributed by atoms with E-state index in [1.807, 2.05) is 0 Å². The van der Waals surface area contributed by atoms with Crippen LogP contribution in [0.1, 0.15) is 6.92 Å². The fourth-order valence-electron chi connectivity index (χ4n) is 0. The maximum Gasteiger partial charge on any atom is 0.332 e. The molecule has 0 aromatic rings.